The second kappa shape index (κ2) is 8.50. The minimum atomic E-state index is 0.877. The van der Waals surface area contributed by atoms with Gasteiger partial charge >= 0.3 is 0 Å². The summed E-state index contributed by atoms with van der Waals surface area (Å²) in [7, 11) is 0. The minimum absolute atomic E-state index is 0.877. The van der Waals surface area contributed by atoms with Crippen LogP contribution in [0.4, 0.5) is 0 Å². The van der Waals surface area contributed by atoms with E-state index in [4.69, 9.17) is 0 Å². The lowest BCUT2D eigenvalue weighted by atomic mass is 10.0. The van der Waals surface area contributed by atoms with Gasteiger partial charge in [-0.2, -0.15) is 0 Å². The SMILES string of the molecule is C=C(CC)c1ccc(CNCc2ccc(C(=C)CC)cc2)cc1. The van der Waals surface area contributed by atoms with Crippen molar-refractivity contribution in [2.45, 2.75) is 39.8 Å². The Bertz CT molecular complexity index is 588. The second-order valence-electron chi connectivity index (χ2n) is 5.91. The van der Waals surface area contributed by atoms with E-state index < -0.39 is 0 Å². The van der Waals surface area contributed by atoms with Gasteiger partial charge in [-0.3, -0.25) is 0 Å². The van der Waals surface area contributed by atoms with Crippen LogP contribution >= 0.6 is 0 Å². The average Bonchev–Trinajstić information content (AvgIpc) is 2.61. The van der Waals surface area contributed by atoms with Crippen molar-refractivity contribution in [1.29, 1.82) is 0 Å². The van der Waals surface area contributed by atoms with Crippen LogP contribution in [-0.4, -0.2) is 0 Å². The summed E-state index contributed by atoms with van der Waals surface area (Å²) in [6, 6.07) is 17.4. The van der Waals surface area contributed by atoms with Crippen molar-refractivity contribution in [2.24, 2.45) is 0 Å². The first kappa shape index (κ1) is 17.2. The van der Waals surface area contributed by atoms with Gasteiger partial charge in [0.15, 0.2) is 0 Å². The fourth-order valence-corrected chi connectivity index (χ4v) is 2.48. The molecule has 0 spiro atoms. The van der Waals surface area contributed by atoms with Gasteiger partial charge in [0.2, 0.25) is 0 Å². The van der Waals surface area contributed by atoms with Crippen LogP contribution < -0.4 is 5.32 Å². The van der Waals surface area contributed by atoms with E-state index in [9.17, 15) is 0 Å². The molecule has 0 saturated heterocycles. The van der Waals surface area contributed by atoms with Gasteiger partial charge in [0.25, 0.3) is 0 Å². The van der Waals surface area contributed by atoms with E-state index in [2.05, 4.69) is 80.9 Å². The first-order valence-corrected chi connectivity index (χ1v) is 8.39. The van der Waals surface area contributed by atoms with Crippen molar-refractivity contribution in [3.05, 3.63) is 83.9 Å². The van der Waals surface area contributed by atoms with E-state index >= 15 is 0 Å². The van der Waals surface area contributed by atoms with Crippen molar-refractivity contribution in [1.82, 2.24) is 5.32 Å². The number of hydrogen-bond donors (Lipinski definition) is 1. The van der Waals surface area contributed by atoms with Gasteiger partial charge < -0.3 is 5.32 Å². The van der Waals surface area contributed by atoms with Crippen LogP contribution in [0.3, 0.4) is 0 Å². The molecule has 1 N–H and O–H groups in total. The van der Waals surface area contributed by atoms with Gasteiger partial charge in [-0.1, -0.05) is 75.5 Å². The summed E-state index contributed by atoms with van der Waals surface area (Å²) >= 11 is 0. The zero-order valence-corrected chi connectivity index (χ0v) is 14.4. The Morgan fingerprint density at radius 3 is 1.35 bits per heavy atom. The molecule has 0 radical (unpaired) electrons. The Morgan fingerprint density at radius 1 is 0.696 bits per heavy atom. The number of nitrogens with one attached hydrogen (secondary N) is 1. The van der Waals surface area contributed by atoms with Crippen molar-refractivity contribution < 1.29 is 0 Å². The standard InChI is InChI=1S/C22H27N/c1-5-17(3)21-11-7-19(8-12-21)15-23-16-20-9-13-22(14-10-20)18(4)6-2/h7-14,23H,3-6,15-16H2,1-2H3. The summed E-state index contributed by atoms with van der Waals surface area (Å²) in [5.74, 6) is 0. The van der Waals surface area contributed by atoms with Gasteiger partial charge in [-0.15, -0.1) is 0 Å². The monoisotopic (exact) mass is 305 g/mol. The molecule has 1 heteroatoms. The van der Waals surface area contributed by atoms with Crippen molar-refractivity contribution in [3.63, 3.8) is 0 Å². The molecule has 0 heterocycles. The number of allylic oxidation sites excluding steroid dienone is 2. The third-order valence-corrected chi connectivity index (χ3v) is 4.24. The largest absolute Gasteiger partial charge is 0.309 e. The van der Waals surface area contributed by atoms with Gasteiger partial charge in [-0.05, 0) is 46.2 Å². The zero-order valence-electron chi connectivity index (χ0n) is 14.4. The third kappa shape index (κ3) is 4.94. The quantitative estimate of drug-likeness (QED) is 0.647. The Balaban J connectivity index is 1.85. The molecule has 0 aromatic heterocycles. The van der Waals surface area contributed by atoms with Crippen LogP contribution in [-0.2, 0) is 13.1 Å². The number of hydrogen-bond acceptors (Lipinski definition) is 1. The normalized spacial score (nSPS) is 10.5. The summed E-state index contributed by atoms with van der Waals surface area (Å²) < 4.78 is 0. The molecule has 0 bridgehead atoms. The minimum Gasteiger partial charge on any atom is -0.309 e. The van der Waals surface area contributed by atoms with Crippen LogP contribution in [0, 0.1) is 0 Å². The molecule has 0 fully saturated rings. The molecule has 0 amide bonds. The summed E-state index contributed by atoms with van der Waals surface area (Å²) in [5.41, 5.74) is 7.46. The first-order valence-electron chi connectivity index (χ1n) is 8.39. The predicted octanol–water partition coefficient (Wildman–Crippen LogP) is 5.82. The molecule has 2 aromatic carbocycles. The van der Waals surface area contributed by atoms with E-state index in [0.29, 0.717) is 0 Å². The summed E-state index contributed by atoms with van der Waals surface area (Å²) in [6.07, 6.45) is 2.00. The summed E-state index contributed by atoms with van der Waals surface area (Å²) in [6.45, 7) is 14.2. The number of benzene rings is 2. The van der Waals surface area contributed by atoms with Gasteiger partial charge in [-0.25, -0.2) is 0 Å². The highest BCUT2D eigenvalue weighted by molar-refractivity contribution is 5.63. The maximum absolute atomic E-state index is 4.08. The van der Waals surface area contributed by atoms with Gasteiger partial charge in [0, 0.05) is 13.1 Å². The second-order valence-corrected chi connectivity index (χ2v) is 5.91. The summed E-state index contributed by atoms with van der Waals surface area (Å²) in [5, 5.41) is 3.50. The molecule has 23 heavy (non-hydrogen) atoms. The zero-order chi connectivity index (χ0) is 16.7. The highest BCUT2D eigenvalue weighted by Gasteiger charge is 1.99. The van der Waals surface area contributed by atoms with Gasteiger partial charge in [0.1, 0.15) is 0 Å². The highest BCUT2D eigenvalue weighted by atomic mass is 14.8. The molecule has 0 saturated carbocycles. The molecule has 2 rings (SSSR count). The molecular formula is C22H27N. The lowest BCUT2D eigenvalue weighted by molar-refractivity contribution is 0.693. The molecule has 120 valence electrons. The Hall–Kier alpha value is -2.12. The van der Waals surface area contributed by atoms with E-state index in [1.54, 1.807) is 0 Å². The van der Waals surface area contributed by atoms with Crippen LogP contribution in [0.1, 0.15) is 48.9 Å². The maximum atomic E-state index is 4.08. The molecule has 2 aromatic rings. The summed E-state index contributed by atoms with van der Waals surface area (Å²) in [4.78, 5) is 0. The smallest absolute Gasteiger partial charge is 0.0208 e. The number of rotatable bonds is 8. The van der Waals surface area contributed by atoms with Crippen molar-refractivity contribution in [3.8, 4) is 0 Å². The molecule has 1 nitrogen and oxygen atoms in total. The fourth-order valence-electron chi connectivity index (χ4n) is 2.48. The maximum Gasteiger partial charge on any atom is 0.0208 e. The van der Waals surface area contributed by atoms with E-state index in [-0.39, 0.29) is 0 Å². The van der Waals surface area contributed by atoms with Crippen molar-refractivity contribution >= 4 is 11.1 Å². The van der Waals surface area contributed by atoms with Crippen LogP contribution in [0.5, 0.6) is 0 Å². The van der Waals surface area contributed by atoms with E-state index in [0.717, 1.165) is 25.9 Å². The van der Waals surface area contributed by atoms with Gasteiger partial charge in [0.05, 0.1) is 0 Å². The lowest BCUT2D eigenvalue weighted by Gasteiger charge is -2.08. The molecular weight excluding hydrogens is 278 g/mol. The molecule has 0 unspecified atom stereocenters. The Kier molecular flexibility index (Phi) is 6.37. The topological polar surface area (TPSA) is 12.0 Å². The molecule has 0 aliphatic rings. The Morgan fingerprint density at radius 2 is 1.04 bits per heavy atom. The Labute approximate surface area is 140 Å². The molecule has 0 aliphatic heterocycles. The predicted molar refractivity (Wildman–Crippen MR) is 102 cm³/mol. The van der Waals surface area contributed by atoms with Crippen molar-refractivity contribution in [2.75, 3.05) is 0 Å². The van der Waals surface area contributed by atoms with E-state index in [1.165, 1.54) is 33.4 Å². The first-order chi connectivity index (χ1) is 11.1. The van der Waals surface area contributed by atoms with Crippen LogP contribution in [0.25, 0.3) is 11.1 Å². The lowest BCUT2D eigenvalue weighted by Crippen LogP contribution is -2.12. The van der Waals surface area contributed by atoms with Crippen LogP contribution in [0.2, 0.25) is 0 Å². The third-order valence-electron chi connectivity index (χ3n) is 4.24. The molecule has 0 aliphatic carbocycles. The highest BCUT2D eigenvalue weighted by Crippen LogP contribution is 2.17. The van der Waals surface area contributed by atoms with Crippen LogP contribution in [0.15, 0.2) is 61.7 Å². The molecule has 0 atom stereocenters. The average molecular weight is 305 g/mol. The van der Waals surface area contributed by atoms with E-state index in [1.807, 2.05) is 0 Å². The fraction of sp³-hybridized carbons (Fsp3) is 0.273.